The first-order chi connectivity index (χ1) is 29.3. The van der Waals surface area contributed by atoms with Crippen LogP contribution in [0.25, 0.3) is 11.1 Å². The van der Waals surface area contributed by atoms with Crippen LogP contribution >= 0.6 is 0 Å². The molecule has 0 saturated carbocycles. The Labute approximate surface area is 347 Å². The van der Waals surface area contributed by atoms with Crippen LogP contribution < -0.4 is 59.0 Å². The predicted molar refractivity (Wildman–Crippen MR) is 255 cm³/mol. The molecule has 0 aliphatic carbocycles. The van der Waals surface area contributed by atoms with E-state index in [1.807, 2.05) is 0 Å². The average Bonchev–Trinajstić information content (AvgIpc) is 3.32. The average molecular weight is 746 g/mol. The molecule has 2 nitrogen and oxygen atoms in total. The largest absolute Gasteiger partial charge is 0.312 e. The molecule has 0 bridgehead atoms. The highest BCUT2D eigenvalue weighted by molar-refractivity contribution is 7.13. The van der Waals surface area contributed by atoms with Gasteiger partial charge >= 0.3 is 0 Å². The van der Waals surface area contributed by atoms with Crippen LogP contribution in [0, 0.1) is 0 Å². The molecule has 272 valence electrons. The van der Waals surface area contributed by atoms with Crippen molar-refractivity contribution in [3.8, 4) is 11.1 Å². The Hall–Kier alpha value is -7.23. The molecule has 9 aromatic rings. The third kappa shape index (κ3) is 5.24. The maximum absolute atomic E-state index is 2.60. The third-order valence-corrected chi connectivity index (χ3v) is 12.9. The molecule has 59 heavy (non-hydrogen) atoms. The number of benzene rings is 9. The van der Waals surface area contributed by atoms with Gasteiger partial charge in [-0.25, -0.2) is 0 Å². The summed E-state index contributed by atoms with van der Waals surface area (Å²) in [5, 5.41) is 0. The minimum absolute atomic E-state index is 0.0213. The van der Waals surface area contributed by atoms with Crippen LogP contribution in [0.1, 0.15) is 0 Å². The van der Waals surface area contributed by atoms with Crippen molar-refractivity contribution in [3.05, 3.63) is 224 Å². The van der Waals surface area contributed by atoms with Crippen LogP contribution in [0.4, 0.5) is 34.1 Å². The van der Waals surface area contributed by atoms with Crippen molar-refractivity contribution in [2.75, 3.05) is 9.80 Å². The van der Waals surface area contributed by atoms with E-state index in [0.717, 1.165) is 11.4 Å². The summed E-state index contributed by atoms with van der Waals surface area (Å²) < 4.78 is 0. The summed E-state index contributed by atoms with van der Waals surface area (Å²) in [6.07, 6.45) is 0. The van der Waals surface area contributed by atoms with Crippen LogP contribution in [-0.4, -0.2) is 20.1 Å². The quantitative estimate of drug-likeness (QED) is 0.179. The van der Waals surface area contributed by atoms with Crippen LogP contribution in [0.3, 0.4) is 0 Å². The van der Waals surface area contributed by atoms with Crippen LogP contribution in [-0.2, 0) is 0 Å². The number of fused-ring (bicyclic) bond motifs is 7. The lowest BCUT2D eigenvalue weighted by Crippen LogP contribution is -2.78. The zero-order valence-electron chi connectivity index (χ0n) is 32.5. The SMILES string of the molecule is c1ccc(B2c3ccccc3B3c4ccccc4N(c4ccccc4)c4c3c2cc2c4B(c3ccccc3)c3ccccc3N2c2ccc(-c3ccccc3)cc2)cc1. The molecule has 0 N–H and O–H groups in total. The van der Waals surface area contributed by atoms with Crippen molar-refractivity contribution >= 4 is 103 Å². The van der Waals surface area contributed by atoms with Crippen LogP contribution in [0.5, 0.6) is 0 Å². The van der Waals surface area contributed by atoms with E-state index in [1.54, 1.807) is 0 Å². The molecular formula is C54H37B3N2. The van der Waals surface area contributed by atoms with Crippen LogP contribution in [0.15, 0.2) is 224 Å². The van der Waals surface area contributed by atoms with Gasteiger partial charge in [-0.1, -0.05) is 209 Å². The molecule has 0 radical (unpaired) electrons. The summed E-state index contributed by atoms with van der Waals surface area (Å²) in [5.41, 5.74) is 21.8. The summed E-state index contributed by atoms with van der Waals surface area (Å²) in [4.78, 5) is 5.15. The molecule has 0 fully saturated rings. The minimum atomic E-state index is -0.0213. The molecule has 0 amide bonds. The maximum atomic E-state index is 2.60. The molecule has 3 heterocycles. The lowest BCUT2D eigenvalue weighted by Gasteiger charge is -2.47. The lowest BCUT2D eigenvalue weighted by molar-refractivity contribution is 1.27. The molecule has 0 spiro atoms. The highest BCUT2D eigenvalue weighted by atomic mass is 15.2. The molecule has 0 unspecified atom stereocenters. The van der Waals surface area contributed by atoms with Gasteiger partial charge in [0, 0.05) is 34.1 Å². The Morgan fingerprint density at radius 1 is 0.271 bits per heavy atom. The number of anilines is 6. The van der Waals surface area contributed by atoms with Gasteiger partial charge in [0.25, 0.3) is 0 Å². The van der Waals surface area contributed by atoms with Gasteiger partial charge in [0.2, 0.25) is 20.1 Å². The molecule has 0 aromatic heterocycles. The zero-order chi connectivity index (χ0) is 38.9. The van der Waals surface area contributed by atoms with Gasteiger partial charge in [0.05, 0.1) is 0 Å². The second-order valence-corrected chi connectivity index (χ2v) is 15.9. The summed E-state index contributed by atoms with van der Waals surface area (Å²) in [5.74, 6) is 0. The first-order valence-electron chi connectivity index (χ1n) is 20.7. The van der Waals surface area contributed by atoms with E-state index in [0.29, 0.717) is 0 Å². The third-order valence-electron chi connectivity index (χ3n) is 12.9. The van der Waals surface area contributed by atoms with E-state index in [9.17, 15) is 0 Å². The van der Waals surface area contributed by atoms with E-state index in [2.05, 4.69) is 234 Å². The summed E-state index contributed by atoms with van der Waals surface area (Å²) in [7, 11) is 0. The monoisotopic (exact) mass is 746 g/mol. The standard InChI is InChI=1S/C54H37B3N2/c1-5-19-38(20-6-1)39-33-35-43(36-34-39)58-49-31-17-15-29-46(49)56(41-23-9-3-10-24-41)53-51(58)37-48-52-54(53)59(42-25-11-4-12-26-42)50-32-18-16-30-47(50)57(52)45-28-14-13-27-44(45)55(48)40-21-7-2-8-22-40/h1-37H. The fraction of sp³-hybridized carbons (Fsp3) is 0. The molecule has 5 heteroatoms. The molecule has 0 saturated heterocycles. The predicted octanol–water partition coefficient (Wildman–Crippen LogP) is 6.78. The van der Waals surface area contributed by atoms with E-state index in [4.69, 9.17) is 0 Å². The molecular weight excluding hydrogens is 709 g/mol. The molecule has 3 aliphatic heterocycles. The molecule has 3 aliphatic rings. The smallest absolute Gasteiger partial charge is 0.249 e. The zero-order valence-corrected chi connectivity index (χ0v) is 32.5. The van der Waals surface area contributed by atoms with Crippen LogP contribution in [0.2, 0.25) is 0 Å². The Kier molecular flexibility index (Phi) is 7.87. The van der Waals surface area contributed by atoms with Gasteiger partial charge in [-0.3, -0.25) is 0 Å². The Morgan fingerprint density at radius 3 is 1.34 bits per heavy atom. The van der Waals surface area contributed by atoms with Crippen molar-refractivity contribution < 1.29 is 0 Å². The highest BCUT2D eigenvalue weighted by Gasteiger charge is 2.49. The van der Waals surface area contributed by atoms with E-state index < -0.39 is 0 Å². The van der Waals surface area contributed by atoms with Crippen molar-refractivity contribution in [1.82, 2.24) is 0 Å². The number of rotatable bonds is 5. The number of hydrogen-bond acceptors (Lipinski definition) is 2. The summed E-state index contributed by atoms with van der Waals surface area (Å²) in [6, 6.07) is 83.3. The lowest BCUT2D eigenvalue weighted by atomic mass is 9.19. The van der Waals surface area contributed by atoms with Gasteiger partial charge in [0.15, 0.2) is 0 Å². The minimum Gasteiger partial charge on any atom is -0.312 e. The summed E-state index contributed by atoms with van der Waals surface area (Å²) in [6.45, 7) is 0.0806. The van der Waals surface area contributed by atoms with Gasteiger partial charge in [-0.2, -0.15) is 0 Å². The van der Waals surface area contributed by atoms with Crippen molar-refractivity contribution in [3.63, 3.8) is 0 Å². The molecule has 12 rings (SSSR count). The first kappa shape index (κ1) is 33.9. The Bertz CT molecular complexity index is 3000. The Balaban J connectivity index is 1.24. The summed E-state index contributed by atoms with van der Waals surface area (Å²) >= 11 is 0. The van der Waals surface area contributed by atoms with Crippen molar-refractivity contribution in [2.24, 2.45) is 0 Å². The highest BCUT2D eigenvalue weighted by Crippen LogP contribution is 2.42. The fourth-order valence-corrected chi connectivity index (χ4v) is 10.5. The topological polar surface area (TPSA) is 6.48 Å². The van der Waals surface area contributed by atoms with E-state index in [1.165, 1.54) is 83.0 Å². The van der Waals surface area contributed by atoms with Gasteiger partial charge < -0.3 is 9.80 Å². The number of nitrogens with zero attached hydrogens (tertiary/aromatic N) is 2. The molecule has 9 aromatic carbocycles. The van der Waals surface area contributed by atoms with Gasteiger partial charge in [-0.15, -0.1) is 0 Å². The Morgan fingerprint density at radius 2 is 0.712 bits per heavy atom. The van der Waals surface area contributed by atoms with Crippen molar-refractivity contribution in [1.29, 1.82) is 0 Å². The first-order valence-corrected chi connectivity index (χ1v) is 20.7. The number of hydrogen-bond donors (Lipinski definition) is 0. The number of para-hydroxylation sites is 3. The second-order valence-electron chi connectivity index (χ2n) is 15.9. The van der Waals surface area contributed by atoms with Gasteiger partial charge in [0.1, 0.15) is 0 Å². The maximum Gasteiger partial charge on any atom is 0.249 e. The van der Waals surface area contributed by atoms with Gasteiger partial charge in [-0.05, 0) is 75.4 Å². The second kappa shape index (κ2) is 13.7. The normalized spacial score (nSPS) is 13.3. The van der Waals surface area contributed by atoms with Crippen molar-refractivity contribution in [2.45, 2.75) is 0 Å². The van der Waals surface area contributed by atoms with E-state index in [-0.39, 0.29) is 20.1 Å². The fourth-order valence-electron chi connectivity index (χ4n) is 10.5. The van der Waals surface area contributed by atoms with E-state index >= 15 is 0 Å². The molecule has 0 atom stereocenters.